The predicted octanol–water partition coefficient (Wildman–Crippen LogP) is 1.24. The summed E-state index contributed by atoms with van der Waals surface area (Å²) in [5.74, 6) is 1.38. The van der Waals surface area contributed by atoms with E-state index in [-0.39, 0.29) is 5.92 Å². The lowest BCUT2D eigenvalue weighted by atomic mass is 10.0. The monoisotopic (exact) mass is 210 g/mol. The smallest absolute Gasteiger partial charge is 0.225 e. The minimum absolute atomic E-state index is 0.254. The Balaban J connectivity index is 2.01. The van der Waals surface area contributed by atoms with Gasteiger partial charge in [0, 0.05) is 31.6 Å². The van der Waals surface area contributed by atoms with Crippen LogP contribution in [-0.2, 0) is 4.79 Å². The van der Waals surface area contributed by atoms with Crippen molar-refractivity contribution in [1.82, 2.24) is 10.2 Å². The first-order valence-corrected chi connectivity index (χ1v) is 6.29. The molecular weight excluding hydrogens is 188 g/mol. The normalized spacial score (nSPS) is 29.9. The molecule has 3 nitrogen and oxygen atoms in total. The zero-order valence-corrected chi connectivity index (χ0v) is 9.83. The second kappa shape index (κ2) is 4.52. The zero-order chi connectivity index (χ0) is 10.8. The van der Waals surface area contributed by atoms with Crippen molar-refractivity contribution in [3.8, 4) is 0 Å². The summed E-state index contributed by atoms with van der Waals surface area (Å²) in [6.45, 7) is 7.35. The molecule has 0 aromatic heterocycles. The number of likely N-dealkylation sites (tertiary alicyclic amines) is 1. The van der Waals surface area contributed by atoms with E-state index in [1.807, 2.05) is 0 Å². The van der Waals surface area contributed by atoms with Crippen LogP contribution in [0.5, 0.6) is 0 Å². The standard InChI is InChI=1S/C12H22N2O/c1-3-9(4-2)12(15)14-6-5-10-7-13-8-11(10)14/h9-11,13H,3-8H2,1-2H3/t10-,11+/m0/s1. The van der Waals surface area contributed by atoms with Crippen LogP contribution in [0.15, 0.2) is 0 Å². The van der Waals surface area contributed by atoms with Crippen molar-refractivity contribution in [3.63, 3.8) is 0 Å². The lowest BCUT2D eigenvalue weighted by Gasteiger charge is -2.27. The number of fused-ring (bicyclic) bond motifs is 1. The molecule has 0 spiro atoms. The van der Waals surface area contributed by atoms with E-state index in [4.69, 9.17) is 0 Å². The molecule has 2 saturated heterocycles. The first kappa shape index (κ1) is 10.9. The van der Waals surface area contributed by atoms with Crippen LogP contribution in [0.2, 0.25) is 0 Å². The quantitative estimate of drug-likeness (QED) is 0.760. The molecule has 1 N–H and O–H groups in total. The Hall–Kier alpha value is -0.570. The van der Waals surface area contributed by atoms with E-state index < -0.39 is 0 Å². The van der Waals surface area contributed by atoms with Crippen LogP contribution >= 0.6 is 0 Å². The molecule has 2 atom stereocenters. The largest absolute Gasteiger partial charge is 0.338 e. The Morgan fingerprint density at radius 2 is 2.13 bits per heavy atom. The summed E-state index contributed by atoms with van der Waals surface area (Å²) in [6, 6.07) is 0.498. The maximum Gasteiger partial charge on any atom is 0.225 e. The molecule has 0 aromatic carbocycles. The van der Waals surface area contributed by atoms with Crippen LogP contribution in [0.1, 0.15) is 33.1 Å². The minimum Gasteiger partial charge on any atom is -0.338 e. The third kappa shape index (κ3) is 1.89. The zero-order valence-electron chi connectivity index (χ0n) is 9.83. The Morgan fingerprint density at radius 1 is 1.40 bits per heavy atom. The topological polar surface area (TPSA) is 32.3 Å². The Kier molecular flexibility index (Phi) is 3.29. The molecule has 0 unspecified atom stereocenters. The molecule has 2 aliphatic rings. The van der Waals surface area contributed by atoms with Gasteiger partial charge in [-0.2, -0.15) is 0 Å². The van der Waals surface area contributed by atoms with Gasteiger partial charge in [0.2, 0.25) is 5.91 Å². The molecule has 15 heavy (non-hydrogen) atoms. The molecule has 0 bridgehead atoms. The molecular formula is C12H22N2O. The van der Waals surface area contributed by atoms with Gasteiger partial charge in [0.1, 0.15) is 0 Å². The number of nitrogens with zero attached hydrogens (tertiary/aromatic N) is 1. The van der Waals surface area contributed by atoms with Gasteiger partial charge in [-0.1, -0.05) is 13.8 Å². The van der Waals surface area contributed by atoms with Crippen molar-refractivity contribution >= 4 is 5.91 Å². The molecule has 2 aliphatic heterocycles. The molecule has 3 heteroatoms. The molecule has 0 radical (unpaired) electrons. The van der Waals surface area contributed by atoms with Crippen molar-refractivity contribution in [2.75, 3.05) is 19.6 Å². The molecule has 0 saturated carbocycles. The van der Waals surface area contributed by atoms with Crippen LogP contribution in [-0.4, -0.2) is 36.5 Å². The van der Waals surface area contributed by atoms with Gasteiger partial charge in [-0.3, -0.25) is 4.79 Å². The second-order valence-electron chi connectivity index (χ2n) is 4.82. The Bertz CT molecular complexity index is 238. The molecule has 86 valence electrons. The van der Waals surface area contributed by atoms with Crippen molar-refractivity contribution < 1.29 is 4.79 Å². The Labute approximate surface area is 92.2 Å². The molecule has 0 aromatic rings. The third-order valence-electron chi connectivity index (χ3n) is 4.06. The van der Waals surface area contributed by atoms with Gasteiger partial charge in [-0.25, -0.2) is 0 Å². The summed E-state index contributed by atoms with van der Waals surface area (Å²) in [5, 5.41) is 3.39. The maximum atomic E-state index is 12.2. The lowest BCUT2D eigenvalue weighted by Crippen LogP contribution is -2.42. The van der Waals surface area contributed by atoms with Crippen LogP contribution in [0.3, 0.4) is 0 Å². The number of amides is 1. The number of carbonyl (C=O) groups is 1. The average molecular weight is 210 g/mol. The summed E-state index contributed by atoms with van der Waals surface area (Å²) in [7, 11) is 0. The summed E-state index contributed by atoms with van der Waals surface area (Å²) in [4.78, 5) is 14.4. The van der Waals surface area contributed by atoms with E-state index in [0.29, 0.717) is 11.9 Å². The van der Waals surface area contributed by atoms with E-state index >= 15 is 0 Å². The SMILES string of the molecule is CCC(CC)C(=O)N1CC[C@H]2CNC[C@H]21. The van der Waals surface area contributed by atoms with Gasteiger partial charge in [0.15, 0.2) is 0 Å². The van der Waals surface area contributed by atoms with Crippen molar-refractivity contribution in [2.24, 2.45) is 11.8 Å². The lowest BCUT2D eigenvalue weighted by molar-refractivity contribution is -0.136. The molecule has 2 heterocycles. The molecule has 0 aliphatic carbocycles. The second-order valence-corrected chi connectivity index (χ2v) is 4.82. The van der Waals surface area contributed by atoms with Gasteiger partial charge in [0.05, 0.1) is 0 Å². The van der Waals surface area contributed by atoms with Crippen LogP contribution in [0.4, 0.5) is 0 Å². The number of rotatable bonds is 3. The van der Waals surface area contributed by atoms with Crippen molar-refractivity contribution in [1.29, 1.82) is 0 Å². The highest BCUT2D eigenvalue weighted by atomic mass is 16.2. The van der Waals surface area contributed by atoms with Gasteiger partial charge in [-0.05, 0) is 25.2 Å². The number of carbonyl (C=O) groups excluding carboxylic acids is 1. The molecule has 2 rings (SSSR count). The molecule has 2 fully saturated rings. The summed E-state index contributed by atoms with van der Waals surface area (Å²) in [5.41, 5.74) is 0. The summed E-state index contributed by atoms with van der Waals surface area (Å²) >= 11 is 0. The van der Waals surface area contributed by atoms with Crippen LogP contribution in [0.25, 0.3) is 0 Å². The summed E-state index contributed by atoms with van der Waals surface area (Å²) in [6.07, 6.45) is 3.16. The minimum atomic E-state index is 0.254. The fraction of sp³-hybridized carbons (Fsp3) is 0.917. The fourth-order valence-corrected chi connectivity index (χ4v) is 3.00. The van der Waals surface area contributed by atoms with E-state index in [1.165, 1.54) is 6.42 Å². The van der Waals surface area contributed by atoms with Crippen molar-refractivity contribution in [3.05, 3.63) is 0 Å². The highest BCUT2D eigenvalue weighted by Gasteiger charge is 2.40. The molecule has 1 amide bonds. The maximum absolute atomic E-state index is 12.2. The number of hydrogen-bond donors (Lipinski definition) is 1. The first-order chi connectivity index (χ1) is 7.27. The van der Waals surface area contributed by atoms with Gasteiger partial charge in [-0.15, -0.1) is 0 Å². The van der Waals surface area contributed by atoms with E-state index in [1.54, 1.807) is 0 Å². The van der Waals surface area contributed by atoms with Gasteiger partial charge in [0.25, 0.3) is 0 Å². The van der Waals surface area contributed by atoms with E-state index in [0.717, 1.165) is 38.4 Å². The highest BCUT2D eigenvalue weighted by molar-refractivity contribution is 5.79. The van der Waals surface area contributed by atoms with Crippen molar-refractivity contribution in [2.45, 2.75) is 39.2 Å². The fourth-order valence-electron chi connectivity index (χ4n) is 3.00. The average Bonchev–Trinajstić information content (AvgIpc) is 2.79. The number of hydrogen-bond acceptors (Lipinski definition) is 2. The highest BCUT2D eigenvalue weighted by Crippen LogP contribution is 2.29. The third-order valence-corrected chi connectivity index (χ3v) is 4.06. The van der Waals surface area contributed by atoms with Gasteiger partial charge >= 0.3 is 0 Å². The number of nitrogens with one attached hydrogen (secondary N) is 1. The van der Waals surface area contributed by atoms with Gasteiger partial charge < -0.3 is 10.2 Å². The van der Waals surface area contributed by atoms with E-state index in [9.17, 15) is 4.79 Å². The first-order valence-electron chi connectivity index (χ1n) is 6.29. The van der Waals surface area contributed by atoms with Crippen LogP contribution in [0, 0.1) is 11.8 Å². The van der Waals surface area contributed by atoms with Crippen LogP contribution < -0.4 is 5.32 Å². The predicted molar refractivity (Wildman–Crippen MR) is 60.5 cm³/mol. The summed E-state index contributed by atoms with van der Waals surface area (Å²) < 4.78 is 0. The van der Waals surface area contributed by atoms with E-state index in [2.05, 4.69) is 24.1 Å². The Morgan fingerprint density at radius 3 is 2.80 bits per heavy atom.